The number of carbonyl (C=O) groups is 2. The van der Waals surface area contributed by atoms with E-state index >= 15 is 0 Å². The van der Waals surface area contributed by atoms with Crippen molar-refractivity contribution in [3.63, 3.8) is 0 Å². The van der Waals surface area contributed by atoms with E-state index in [1.54, 1.807) is 42.3 Å². The lowest BCUT2D eigenvalue weighted by Crippen LogP contribution is -2.57. The second-order valence-electron chi connectivity index (χ2n) is 8.33. The van der Waals surface area contributed by atoms with Gasteiger partial charge in [-0.15, -0.1) is 0 Å². The lowest BCUT2D eigenvalue weighted by Gasteiger charge is -2.43. The molecule has 2 aliphatic heterocycles. The zero-order chi connectivity index (χ0) is 23.6. The fourth-order valence-corrected chi connectivity index (χ4v) is 4.71. The van der Waals surface area contributed by atoms with Gasteiger partial charge in [0.2, 0.25) is 0 Å². The van der Waals surface area contributed by atoms with E-state index in [1.165, 1.54) is 0 Å². The second kappa shape index (κ2) is 9.33. The number of ether oxygens (including phenoxy) is 1. The molecule has 1 atom stereocenters. The molecule has 0 bridgehead atoms. The van der Waals surface area contributed by atoms with Crippen molar-refractivity contribution in [2.75, 3.05) is 19.6 Å². The smallest absolute Gasteiger partial charge is 0.428 e. The standard InChI is InChI=1S/C22H24BrN7O3/c1-14(26-20(31)18-11-25-13-29(18)2)12-30-7-5-22(6-8-30)19(27-28-21(32)33-22)16-9-15(10-24)3-4-17(16)23/h3-4,9,11,13-14H,5-8,12H2,1-2H3,(H,26,31)(H,28,32)/t14-/m0/s1. The van der Waals surface area contributed by atoms with Crippen LogP contribution in [0.25, 0.3) is 0 Å². The summed E-state index contributed by atoms with van der Waals surface area (Å²) in [6.45, 7) is 3.94. The Balaban J connectivity index is 1.44. The molecule has 2 aliphatic rings. The van der Waals surface area contributed by atoms with Gasteiger partial charge in [0.25, 0.3) is 5.91 Å². The van der Waals surface area contributed by atoms with Gasteiger partial charge in [-0.25, -0.2) is 15.2 Å². The van der Waals surface area contributed by atoms with Gasteiger partial charge >= 0.3 is 6.09 Å². The number of nitrogens with zero attached hydrogens (tertiary/aromatic N) is 5. The number of nitrogens with one attached hydrogen (secondary N) is 2. The molecule has 0 aliphatic carbocycles. The number of likely N-dealkylation sites (tertiary alicyclic amines) is 1. The molecule has 1 spiro atoms. The van der Waals surface area contributed by atoms with E-state index in [-0.39, 0.29) is 11.9 Å². The summed E-state index contributed by atoms with van der Waals surface area (Å²) in [7, 11) is 1.78. The van der Waals surface area contributed by atoms with Crippen LogP contribution in [0.15, 0.2) is 40.3 Å². The lowest BCUT2D eigenvalue weighted by molar-refractivity contribution is 0.00485. The minimum absolute atomic E-state index is 0.0772. The molecule has 1 aromatic carbocycles. The van der Waals surface area contributed by atoms with Crippen molar-refractivity contribution in [3.05, 3.63) is 52.0 Å². The number of hydrogen-bond donors (Lipinski definition) is 2. The zero-order valence-electron chi connectivity index (χ0n) is 18.3. The highest BCUT2D eigenvalue weighted by atomic mass is 79.9. The van der Waals surface area contributed by atoms with Crippen molar-refractivity contribution in [1.29, 1.82) is 5.26 Å². The van der Waals surface area contributed by atoms with Gasteiger partial charge in [-0.3, -0.25) is 4.79 Å². The highest BCUT2D eigenvalue weighted by molar-refractivity contribution is 9.10. The maximum absolute atomic E-state index is 12.4. The number of imidazole rings is 1. The summed E-state index contributed by atoms with van der Waals surface area (Å²) in [4.78, 5) is 30.7. The van der Waals surface area contributed by atoms with Crippen LogP contribution in [0.1, 0.15) is 41.4 Å². The van der Waals surface area contributed by atoms with Crippen LogP contribution in [0.4, 0.5) is 4.79 Å². The average molecular weight is 514 g/mol. The molecular weight excluding hydrogens is 490 g/mol. The van der Waals surface area contributed by atoms with E-state index in [0.717, 1.165) is 10.0 Å². The van der Waals surface area contributed by atoms with Crippen LogP contribution >= 0.6 is 15.9 Å². The molecule has 2 amide bonds. The fraction of sp³-hybridized carbons (Fsp3) is 0.409. The van der Waals surface area contributed by atoms with Crippen LogP contribution < -0.4 is 10.7 Å². The molecule has 0 unspecified atom stereocenters. The van der Waals surface area contributed by atoms with Crippen molar-refractivity contribution in [1.82, 2.24) is 25.2 Å². The first-order valence-electron chi connectivity index (χ1n) is 10.6. The van der Waals surface area contributed by atoms with Crippen molar-refractivity contribution in [2.45, 2.75) is 31.4 Å². The molecule has 4 rings (SSSR count). The minimum Gasteiger partial charge on any atom is -0.435 e. The third kappa shape index (κ3) is 4.77. The number of piperidine rings is 1. The van der Waals surface area contributed by atoms with Crippen molar-refractivity contribution in [3.8, 4) is 6.07 Å². The Hall–Kier alpha value is -3.23. The van der Waals surface area contributed by atoms with Crippen LogP contribution in [-0.2, 0) is 11.8 Å². The summed E-state index contributed by atoms with van der Waals surface area (Å²) in [6.07, 6.45) is 3.64. The summed E-state index contributed by atoms with van der Waals surface area (Å²) < 4.78 is 8.25. The molecule has 10 nitrogen and oxygen atoms in total. The normalized spacial score (nSPS) is 18.6. The lowest BCUT2D eigenvalue weighted by atomic mass is 9.82. The molecule has 2 aromatic rings. The third-order valence-corrected chi connectivity index (χ3v) is 6.64. The average Bonchev–Trinajstić information content (AvgIpc) is 3.22. The van der Waals surface area contributed by atoms with E-state index in [4.69, 9.17) is 4.74 Å². The number of aromatic nitrogens is 2. The second-order valence-corrected chi connectivity index (χ2v) is 9.18. The molecule has 2 N–H and O–H groups in total. The molecule has 1 fully saturated rings. The number of halogens is 1. The number of aryl methyl sites for hydroxylation is 1. The van der Waals surface area contributed by atoms with E-state index in [1.807, 2.05) is 6.92 Å². The van der Waals surface area contributed by atoms with Crippen molar-refractivity contribution in [2.24, 2.45) is 12.1 Å². The SMILES string of the molecule is C[C@@H](CN1CCC2(CC1)OC(=O)NN=C2c1cc(C#N)ccc1Br)NC(=O)c1cncn1C. The van der Waals surface area contributed by atoms with Crippen molar-refractivity contribution >= 4 is 33.6 Å². The number of benzene rings is 1. The van der Waals surface area contributed by atoms with Crippen molar-refractivity contribution < 1.29 is 14.3 Å². The van der Waals surface area contributed by atoms with E-state index in [0.29, 0.717) is 49.4 Å². The summed E-state index contributed by atoms with van der Waals surface area (Å²) in [5.41, 5.74) is 3.85. The van der Waals surface area contributed by atoms with Gasteiger partial charge in [-0.1, -0.05) is 15.9 Å². The summed E-state index contributed by atoms with van der Waals surface area (Å²) in [6, 6.07) is 7.32. The molecule has 33 heavy (non-hydrogen) atoms. The van der Waals surface area contributed by atoms with Crippen LogP contribution in [0, 0.1) is 11.3 Å². The quantitative estimate of drug-likeness (QED) is 0.630. The number of nitriles is 1. The Labute approximate surface area is 199 Å². The molecule has 3 heterocycles. The van der Waals surface area contributed by atoms with Crippen LogP contribution in [0.5, 0.6) is 0 Å². The monoisotopic (exact) mass is 513 g/mol. The Bertz CT molecular complexity index is 1150. The number of amides is 2. The summed E-state index contributed by atoms with van der Waals surface area (Å²) >= 11 is 3.53. The van der Waals surface area contributed by atoms with E-state index in [2.05, 4.69) is 47.7 Å². The summed E-state index contributed by atoms with van der Waals surface area (Å²) in [5.74, 6) is -0.167. The molecule has 1 saturated heterocycles. The van der Waals surface area contributed by atoms with Gasteiger partial charge in [-0.2, -0.15) is 10.4 Å². The van der Waals surface area contributed by atoms with Crippen LogP contribution in [-0.4, -0.2) is 63.4 Å². The van der Waals surface area contributed by atoms with Gasteiger partial charge in [0.05, 0.1) is 24.2 Å². The minimum atomic E-state index is -0.878. The number of rotatable bonds is 5. The predicted molar refractivity (Wildman–Crippen MR) is 124 cm³/mol. The molecule has 0 radical (unpaired) electrons. The van der Waals surface area contributed by atoms with E-state index < -0.39 is 11.7 Å². The number of hydrazone groups is 1. The Morgan fingerprint density at radius 1 is 1.42 bits per heavy atom. The highest BCUT2D eigenvalue weighted by Gasteiger charge is 2.46. The topological polar surface area (TPSA) is 125 Å². The molecule has 11 heteroatoms. The molecule has 172 valence electrons. The first-order valence-corrected chi connectivity index (χ1v) is 11.4. The molecular formula is C22H24BrN7O3. The highest BCUT2D eigenvalue weighted by Crippen LogP contribution is 2.35. The largest absolute Gasteiger partial charge is 0.435 e. The first-order chi connectivity index (χ1) is 15.8. The maximum atomic E-state index is 12.4. The Morgan fingerprint density at radius 2 is 2.18 bits per heavy atom. The van der Waals surface area contributed by atoms with Crippen LogP contribution in [0.3, 0.4) is 0 Å². The number of carbonyl (C=O) groups excluding carboxylic acids is 2. The first kappa shape index (κ1) is 22.9. The van der Waals surface area contributed by atoms with Gasteiger partial charge in [-0.05, 0) is 25.1 Å². The van der Waals surface area contributed by atoms with Gasteiger partial charge < -0.3 is 19.5 Å². The molecule has 1 aromatic heterocycles. The number of hydrogen-bond acceptors (Lipinski definition) is 7. The zero-order valence-corrected chi connectivity index (χ0v) is 19.9. The summed E-state index contributed by atoms with van der Waals surface area (Å²) in [5, 5.41) is 16.6. The third-order valence-electron chi connectivity index (χ3n) is 5.95. The van der Waals surface area contributed by atoms with Gasteiger partial charge in [0.15, 0.2) is 5.60 Å². The Morgan fingerprint density at radius 3 is 2.85 bits per heavy atom. The predicted octanol–water partition coefficient (Wildman–Crippen LogP) is 2.15. The van der Waals surface area contributed by atoms with Crippen LogP contribution in [0.2, 0.25) is 0 Å². The molecule has 0 saturated carbocycles. The van der Waals surface area contributed by atoms with E-state index in [9.17, 15) is 14.9 Å². The fourth-order valence-electron chi connectivity index (χ4n) is 4.28. The van der Waals surface area contributed by atoms with Gasteiger partial charge in [0.1, 0.15) is 11.4 Å². The van der Waals surface area contributed by atoms with Gasteiger partial charge in [0, 0.05) is 55.6 Å². The Kier molecular flexibility index (Phi) is 6.49. The maximum Gasteiger partial charge on any atom is 0.428 e.